The van der Waals surface area contributed by atoms with E-state index >= 15 is 0 Å². The third kappa shape index (κ3) is 2.88. The third-order valence-electron chi connectivity index (χ3n) is 2.58. The van der Waals surface area contributed by atoms with Gasteiger partial charge >= 0.3 is 0 Å². The molecule has 1 aromatic carbocycles. The first-order valence-electron chi connectivity index (χ1n) is 5.47. The zero-order valence-corrected chi connectivity index (χ0v) is 9.67. The van der Waals surface area contributed by atoms with Crippen molar-refractivity contribution in [2.45, 2.75) is 26.3 Å². The molecule has 0 radical (unpaired) electrons. The second-order valence-corrected chi connectivity index (χ2v) is 3.90. The molecule has 0 aliphatic heterocycles. The molecule has 0 saturated heterocycles. The van der Waals surface area contributed by atoms with Crippen LogP contribution >= 0.6 is 0 Å². The second-order valence-electron chi connectivity index (χ2n) is 3.90. The molecule has 0 bridgehead atoms. The highest BCUT2D eigenvalue weighted by Crippen LogP contribution is 2.06. The Hall–Kier alpha value is -2.22. The SMILES string of the molecule is Cc1ccc(CCc2nnnn2CC#N)cc1. The Labute approximate surface area is 99.7 Å². The fraction of sp³-hybridized carbons (Fsp3) is 0.333. The number of nitrogens with zero attached hydrogens (tertiary/aromatic N) is 5. The lowest BCUT2D eigenvalue weighted by Gasteiger charge is -2.01. The number of aryl methyl sites for hydroxylation is 3. The molecule has 86 valence electrons. The molecule has 2 rings (SSSR count). The minimum absolute atomic E-state index is 0.205. The van der Waals surface area contributed by atoms with Gasteiger partial charge in [0.2, 0.25) is 0 Å². The number of rotatable bonds is 4. The highest BCUT2D eigenvalue weighted by molar-refractivity contribution is 5.21. The summed E-state index contributed by atoms with van der Waals surface area (Å²) < 4.78 is 1.54. The first kappa shape index (κ1) is 11.3. The summed E-state index contributed by atoms with van der Waals surface area (Å²) in [5.41, 5.74) is 2.50. The molecule has 0 atom stereocenters. The standard InChI is InChI=1S/C12H13N5/c1-10-2-4-11(5-3-10)6-7-12-14-15-16-17(12)9-8-13/h2-5H,6-7,9H2,1H3. The van der Waals surface area contributed by atoms with Crippen LogP contribution in [0.5, 0.6) is 0 Å². The molecule has 1 heterocycles. The molecule has 0 unspecified atom stereocenters. The van der Waals surface area contributed by atoms with Crippen LogP contribution in [0, 0.1) is 18.3 Å². The lowest BCUT2D eigenvalue weighted by atomic mass is 10.1. The maximum atomic E-state index is 8.61. The van der Waals surface area contributed by atoms with Gasteiger partial charge in [-0.05, 0) is 29.3 Å². The van der Waals surface area contributed by atoms with E-state index in [9.17, 15) is 0 Å². The van der Waals surface area contributed by atoms with Crippen molar-refractivity contribution < 1.29 is 0 Å². The van der Waals surface area contributed by atoms with Crippen LogP contribution in [-0.2, 0) is 19.4 Å². The Balaban J connectivity index is 2.00. The van der Waals surface area contributed by atoms with E-state index in [2.05, 4.69) is 46.7 Å². The van der Waals surface area contributed by atoms with Crippen molar-refractivity contribution in [2.75, 3.05) is 0 Å². The fourth-order valence-electron chi connectivity index (χ4n) is 1.60. The zero-order chi connectivity index (χ0) is 12.1. The van der Waals surface area contributed by atoms with Gasteiger partial charge in [0, 0.05) is 6.42 Å². The molecule has 0 aliphatic rings. The predicted molar refractivity (Wildman–Crippen MR) is 62.0 cm³/mol. The molecular weight excluding hydrogens is 214 g/mol. The maximum absolute atomic E-state index is 8.61. The number of nitriles is 1. The van der Waals surface area contributed by atoms with Crippen LogP contribution in [0.25, 0.3) is 0 Å². The lowest BCUT2D eigenvalue weighted by Crippen LogP contribution is -2.06. The van der Waals surface area contributed by atoms with E-state index < -0.39 is 0 Å². The Kier molecular flexibility index (Phi) is 3.46. The van der Waals surface area contributed by atoms with Gasteiger partial charge in [0.05, 0.1) is 6.07 Å². The molecule has 0 amide bonds. The minimum atomic E-state index is 0.205. The molecule has 5 heteroatoms. The van der Waals surface area contributed by atoms with Crippen LogP contribution in [0.2, 0.25) is 0 Å². The van der Waals surface area contributed by atoms with E-state index in [0.29, 0.717) is 0 Å². The highest BCUT2D eigenvalue weighted by Gasteiger charge is 2.05. The summed E-state index contributed by atoms with van der Waals surface area (Å²) in [5, 5.41) is 19.9. The summed E-state index contributed by atoms with van der Waals surface area (Å²) in [7, 11) is 0. The number of hydrogen-bond donors (Lipinski definition) is 0. The summed E-state index contributed by atoms with van der Waals surface area (Å²) in [6, 6.07) is 10.4. The average Bonchev–Trinajstić information content (AvgIpc) is 2.77. The molecule has 0 spiro atoms. The van der Waals surface area contributed by atoms with E-state index in [0.717, 1.165) is 18.7 Å². The summed E-state index contributed by atoms with van der Waals surface area (Å²) >= 11 is 0. The lowest BCUT2D eigenvalue weighted by molar-refractivity contribution is 0.631. The van der Waals surface area contributed by atoms with Crippen LogP contribution in [0.3, 0.4) is 0 Å². The normalized spacial score (nSPS) is 10.1. The first-order chi connectivity index (χ1) is 8.29. The smallest absolute Gasteiger partial charge is 0.152 e. The van der Waals surface area contributed by atoms with Crippen LogP contribution in [0.1, 0.15) is 17.0 Å². The van der Waals surface area contributed by atoms with E-state index in [1.165, 1.54) is 15.8 Å². The molecule has 0 fully saturated rings. The zero-order valence-electron chi connectivity index (χ0n) is 9.67. The Morgan fingerprint density at radius 1 is 1.24 bits per heavy atom. The third-order valence-corrected chi connectivity index (χ3v) is 2.58. The number of aromatic nitrogens is 4. The van der Waals surface area contributed by atoms with E-state index in [1.807, 2.05) is 6.07 Å². The molecule has 0 N–H and O–H groups in total. The van der Waals surface area contributed by atoms with Gasteiger partial charge in [-0.1, -0.05) is 29.8 Å². The van der Waals surface area contributed by atoms with Crippen molar-refractivity contribution in [1.29, 1.82) is 5.26 Å². The maximum Gasteiger partial charge on any atom is 0.152 e. The molecule has 17 heavy (non-hydrogen) atoms. The van der Waals surface area contributed by atoms with E-state index in [1.54, 1.807) is 0 Å². The van der Waals surface area contributed by atoms with Gasteiger partial charge in [-0.25, -0.2) is 4.68 Å². The highest BCUT2D eigenvalue weighted by atomic mass is 15.5. The fourth-order valence-corrected chi connectivity index (χ4v) is 1.60. The molecule has 2 aromatic rings. The topological polar surface area (TPSA) is 67.4 Å². The van der Waals surface area contributed by atoms with Gasteiger partial charge < -0.3 is 0 Å². The van der Waals surface area contributed by atoms with Crippen molar-refractivity contribution in [2.24, 2.45) is 0 Å². The number of tetrazole rings is 1. The average molecular weight is 227 g/mol. The number of hydrogen-bond acceptors (Lipinski definition) is 4. The Bertz CT molecular complexity index is 521. The summed E-state index contributed by atoms with van der Waals surface area (Å²) in [5.74, 6) is 0.757. The van der Waals surface area contributed by atoms with Gasteiger partial charge in [0.25, 0.3) is 0 Å². The van der Waals surface area contributed by atoms with Gasteiger partial charge in [0.1, 0.15) is 6.54 Å². The largest absolute Gasteiger partial charge is 0.215 e. The monoisotopic (exact) mass is 227 g/mol. The van der Waals surface area contributed by atoms with Crippen molar-refractivity contribution >= 4 is 0 Å². The molecule has 0 saturated carbocycles. The molecule has 5 nitrogen and oxygen atoms in total. The predicted octanol–water partition coefficient (Wildman–Crippen LogP) is 1.29. The van der Waals surface area contributed by atoms with Gasteiger partial charge in [-0.2, -0.15) is 5.26 Å². The van der Waals surface area contributed by atoms with Crippen LogP contribution in [0.15, 0.2) is 24.3 Å². The Morgan fingerprint density at radius 2 is 2.00 bits per heavy atom. The van der Waals surface area contributed by atoms with Crippen molar-refractivity contribution in [3.63, 3.8) is 0 Å². The van der Waals surface area contributed by atoms with Crippen LogP contribution in [-0.4, -0.2) is 20.2 Å². The number of benzene rings is 1. The van der Waals surface area contributed by atoms with Gasteiger partial charge in [-0.15, -0.1) is 5.10 Å². The Morgan fingerprint density at radius 3 is 2.71 bits per heavy atom. The van der Waals surface area contributed by atoms with Crippen molar-refractivity contribution in [1.82, 2.24) is 20.2 Å². The molecule has 0 aliphatic carbocycles. The van der Waals surface area contributed by atoms with Crippen LogP contribution in [0.4, 0.5) is 0 Å². The van der Waals surface area contributed by atoms with Crippen LogP contribution < -0.4 is 0 Å². The van der Waals surface area contributed by atoms with Gasteiger partial charge in [-0.3, -0.25) is 0 Å². The minimum Gasteiger partial charge on any atom is -0.215 e. The van der Waals surface area contributed by atoms with Crippen molar-refractivity contribution in [3.05, 3.63) is 41.2 Å². The molecule has 1 aromatic heterocycles. The summed E-state index contributed by atoms with van der Waals surface area (Å²) in [4.78, 5) is 0. The van der Waals surface area contributed by atoms with E-state index in [-0.39, 0.29) is 6.54 Å². The summed E-state index contributed by atoms with van der Waals surface area (Å²) in [6.07, 6.45) is 1.63. The quantitative estimate of drug-likeness (QED) is 0.789. The van der Waals surface area contributed by atoms with E-state index in [4.69, 9.17) is 5.26 Å². The second kappa shape index (κ2) is 5.21. The first-order valence-corrected chi connectivity index (χ1v) is 5.47. The molecular formula is C12H13N5. The van der Waals surface area contributed by atoms with Gasteiger partial charge in [0.15, 0.2) is 5.82 Å². The van der Waals surface area contributed by atoms with Crippen molar-refractivity contribution in [3.8, 4) is 6.07 Å². The summed E-state index contributed by atoms with van der Waals surface area (Å²) in [6.45, 7) is 2.27.